The van der Waals surface area contributed by atoms with Crippen LogP contribution in [0.5, 0.6) is 0 Å². The summed E-state index contributed by atoms with van der Waals surface area (Å²) in [6.45, 7) is 1.03. The highest BCUT2D eigenvalue weighted by Gasteiger charge is 2.25. The molecule has 2 aromatic rings. The fourth-order valence-electron chi connectivity index (χ4n) is 3.45. The number of amides is 2. The molecule has 0 radical (unpaired) electrons. The Balaban J connectivity index is 1.55. The first-order valence-electron chi connectivity index (χ1n) is 10.4. The van der Waals surface area contributed by atoms with Gasteiger partial charge in [-0.3, -0.25) is 9.59 Å². The third kappa shape index (κ3) is 6.27. The van der Waals surface area contributed by atoms with Gasteiger partial charge < -0.3 is 10.6 Å². The molecule has 2 N–H and O–H groups in total. The lowest BCUT2D eigenvalue weighted by atomic mass is 10.2. The van der Waals surface area contributed by atoms with E-state index in [0.717, 1.165) is 37.8 Å². The highest BCUT2D eigenvalue weighted by Crippen LogP contribution is 2.23. The molecule has 3 rings (SSSR count). The molecule has 0 aliphatic carbocycles. The van der Waals surface area contributed by atoms with Crippen molar-refractivity contribution in [2.45, 2.75) is 37.0 Å². The zero-order chi connectivity index (χ0) is 23.1. The molecule has 1 fully saturated rings. The number of nitrogens with zero attached hydrogens (tertiary/aromatic N) is 1. The SMILES string of the molecule is O=C(CCNC(=O)c1ccc(F)cc1Cl)Nc1cccc(S(=O)(=O)N2CCCCCC2)c1. The molecule has 0 aromatic heterocycles. The van der Waals surface area contributed by atoms with Crippen molar-refractivity contribution in [3.63, 3.8) is 0 Å². The predicted octanol–water partition coefficient (Wildman–Crippen LogP) is 3.80. The van der Waals surface area contributed by atoms with Crippen LogP contribution in [0.2, 0.25) is 5.02 Å². The first kappa shape index (κ1) is 24.2. The molecule has 0 bridgehead atoms. The molecule has 0 atom stereocenters. The van der Waals surface area contributed by atoms with Crippen LogP contribution in [0.1, 0.15) is 42.5 Å². The molecule has 7 nitrogen and oxygen atoms in total. The van der Waals surface area contributed by atoms with Crippen LogP contribution in [-0.2, 0) is 14.8 Å². The number of benzene rings is 2. The summed E-state index contributed by atoms with van der Waals surface area (Å²) in [5, 5.41) is 5.19. The topological polar surface area (TPSA) is 95.6 Å². The molecule has 0 spiro atoms. The Morgan fingerprint density at radius 3 is 2.44 bits per heavy atom. The molecule has 2 aromatic carbocycles. The Hall–Kier alpha value is -2.49. The fraction of sp³-hybridized carbons (Fsp3) is 0.364. The molecule has 1 aliphatic rings. The van der Waals surface area contributed by atoms with Crippen LogP contribution < -0.4 is 10.6 Å². The molecule has 2 amide bonds. The highest BCUT2D eigenvalue weighted by atomic mass is 35.5. The third-order valence-electron chi connectivity index (χ3n) is 5.13. The number of hydrogen-bond acceptors (Lipinski definition) is 4. The van der Waals surface area contributed by atoms with E-state index < -0.39 is 21.7 Å². The van der Waals surface area contributed by atoms with Crippen LogP contribution in [0.15, 0.2) is 47.4 Å². The summed E-state index contributed by atoms with van der Waals surface area (Å²) in [6.07, 6.45) is 3.68. The standard InChI is InChI=1S/C22H25ClFN3O4S/c23-20-14-16(24)8-9-19(20)22(29)25-11-10-21(28)26-17-6-5-7-18(15-17)32(30,31)27-12-3-1-2-4-13-27/h5-9,14-15H,1-4,10-13H2,(H,25,29)(H,26,28). The van der Waals surface area contributed by atoms with Crippen LogP contribution in [0.4, 0.5) is 10.1 Å². The van der Waals surface area contributed by atoms with Crippen molar-refractivity contribution in [2.75, 3.05) is 25.0 Å². The van der Waals surface area contributed by atoms with Crippen LogP contribution in [0, 0.1) is 5.82 Å². The number of nitrogens with one attached hydrogen (secondary N) is 2. The summed E-state index contributed by atoms with van der Waals surface area (Å²) in [6, 6.07) is 9.58. The Morgan fingerprint density at radius 2 is 1.75 bits per heavy atom. The average Bonchev–Trinajstić information content (AvgIpc) is 3.04. The largest absolute Gasteiger partial charge is 0.351 e. The molecule has 10 heteroatoms. The van der Waals surface area contributed by atoms with Gasteiger partial charge in [-0.05, 0) is 49.2 Å². The van der Waals surface area contributed by atoms with Crippen molar-refractivity contribution >= 4 is 39.1 Å². The molecule has 1 saturated heterocycles. The normalized spacial score (nSPS) is 15.1. The monoisotopic (exact) mass is 481 g/mol. The van der Waals surface area contributed by atoms with E-state index >= 15 is 0 Å². The highest BCUT2D eigenvalue weighted by molar-refractivity contribution is 7.89. The Bertz CT molecular complexity index is 1090. The molecular weight excluding hydrogens is 457 g/mol. The van der Waals surface area contributed by atoms with Crippen molar-refractivity contribution in [1.82, 2.24) is 9.62 Å². The van der Waals surface area contributed by atoms with Crippen molar-refractivity contribution in [1.29, 1.82) is 0 Å². The minimum absolute atomic E-state index is 0.0191. The number of rotatable bonds is 7. The van der Waals surface area contributed by atoms with Gasteiger partial charge in [0.25, 0.3) is 5.91 Å². The molecule has 0 saturated carbocycles. The maximum absolute atomic E-state index is 13.1. The van der Waals surface area contributed by atoms with Gasteiger partial charge in [0.2, 0.25) is 15.9 Å². The molecule has 32 heavy (non-hydrogen) atoms. The summed E-state index contributed by atoms with van der Waals surface area (Å²) in [5.74, 6) is -1.46. The van der Waals surface area contributed by atoms with Crippen molar-refractivity contribution in [2.24, 2.45) is 0 Å². The van der Waals surface area contributed by atoms with E-state index in [1.165, 1.54) is 22.5 Å². The van der Waals surface area contributed by atoms with Gasteiger partial charge in [-0.15, -0.1) is 0 Å². The Morgan fingerprint density at radius 1 is 1.03 bits per heavy atom. The second kappa shape index (κ2) is 10.9. The lowest BCUT2D eigenvalue weighted by molar-refractivity contribution is -0.116. The summed E-state index contributed by atoms with van der Waals surface area (Å²) >= 11 is 5.86. The summed E-state index contributed by atoms with van der Waals surface area (Å²) in [4.78, 5) is 24.5. The van der Waals surface area contributed by atoms with Gasteiger partial charge in [0.05, 0.1) is 15.5 Å². The van der Waals surface area contributed by atoms with E-state index in [1.807, 2.05) is 0 Å². The van der Waals surface area contributed by atoms with E-state index in [9.17, 15) is 22.4 Å². The number of sulfonamides is 1. The van der Waals surface area contributed by atoms with Crippen molar-refractivity contribution in [3.8, 4) is 0 Å². The van der Waals surface area contributed by atoms with E-state index in [0.29, 0.717) is 18.8 Å². The van der Waals surface area contributed by atoms with Gasteiger partial charge >= 0.3 is 0 Å². The molecule has 172 valence electrons. The molecular formula is C22H25ClFN3O4S. The summed E-state index contributed by atoms with van der Waals surface area (Å²) < 4.78 is 40.5. The van der Waals surface area contributed by atoms with Crippen LogP contribution in [0.3, 0.4) is 0 Å². The van der Waals surface area contributed by atoms with Gasteiger partial charge in [0.1, 0.15) is 5.82 Å². The van der Waals surface area contributed by atoms with E-state index in [1.54, 1.807) is 12.1 Å². The molecule has 0 unspecified atom stereocenters. The van der Waals surface area contributed by atoms with Crippen LogP contribution in [-0.4, -0.2) is 44.2 Å². The first-order chi connectivity index (χ1) is 15.3. The Labute approximate surface area is 192 Å². The van der Waals surface area contributed by atoms with E-state index in [2.05, 4.69) is 10.6 Å². The van der Waals surface area contributed by atoms with E-state index in [4.69, 9.17) is 11.6 Å². The van der Waals surface area contributed by atoms with Gasteiger partial charge in [0, 0.05) is 31.7 Å². The zero-order valence-electron chi connectivity index (χ0n) is 17.4. The molecule has 1 aliphatic heterocycles. The lowest BCUT2D eigenvalue weighted by Crippen LogP contribution is -2.32. The fourth-order valence-corrected chi connectivity index (χ4v) is 5.26. The van der Waals surface area contributed by atoms with Gasteiger partial charge in [-0.1, -0.05) is 30.5 Å². The number of halogens is 2. The third-order valence-corrected chi connectivity index (χ3v) is 7.34. The van der Waals surface area contributed by atoms with Crippen LogP contribution in [0.25, 0.3) is 0 Å². The lowest BCUT2D eigenvalue weighted by Gasteiger charge is -2.20. The average molecular weight is 482 g/mol. The quantitative estimate of drug-likeness (QED) is 0.628. The van der Waals surface area contributed by atoms with Crippen molar-refractivity contribution in [3.05, 3.63) is 58.9 Å². The minimum Gasteiger partial charge on any atom is -0.351 e. The number of carbonyl (C=O) groups is 2. The summed E-state index contributed by atoms with van der Waals surface area (Å²) in [5.41, 5.74) is 0.471. The van der Waals surface area contributed by atoms with Gasteiger partial charge in [-0.25, -0.2) is 12.8 Å². The van der Waals surface area contributed by atoms with Crippen LogP contribution >= 0.6 is 11.6 Å². The second-order valence-electron chi connectivity index (χ2n) is 7.52. The first-order valence-corrected chi connectivity index (χ1v) is 12.2. The number of carbonyl (C=O) groups excluding carboxylic acids is 2. The maximum Gasteiger partial charge on any atom is 0.252 e. The Kier molecular flexibility index (Phi) is 8.22. The minimum atomic E-state index is -3.62. The summed E-state index contributed by atoms with van der Waals surface area (Å²) in [7, 11) is -3.62. The second-order valence-corrected chi connectivity index (χ2v) is 9.87. The van der Waals surface area contributed by atoms with Gasteiger partial charge in [0.15, 0.2) is 0 Å². The number of hydrogen-bond donors (Lipinski definition) is 2. The smallest absolute Gasteiger partial charge is 0.252 e. The van der Waals surface area contributed by atoms with E-state index in [-0.39, 0.29) is 34.4 Å². The number of anilines is 1. The van der Waals surface area contributed by atoms with Crippen molar-refractivity contribution < 1.29 is 22.4 Å². The van der Waals surface area contributed by atoms with Gasteiger partial charge in [-0.2, -0.15) is 4.31 Å². The zero-order valence-corrected chi connectivity index (χ0v) is 19.0. The molecule has 1 heterocycles. The predicted molar refractivity (Wildman–Crippen MR) is 121 cm³/mol. The maximum atomic E-state index is 13.1.